The fourth-order valence-corrected chi connectivity index (χ4v) is 1.57. The van der Waals surface area contributed by atoms with E-state index in [-0.39, 0.29) is 6.04 Å². The minimum absolute atomic E-state index is 0.225. The highest BCUT2D eigenvalue weighted by atomic mass is 16.7. The van der Waals surface area contributed by atoms with Gasteiger partial charge >= 0.3 is 0 Å². The lowest BCUT2D eigenvalue weighted by molar-refractivity contribution is -0.00870. The molecule has 96 valence electrons. The molecule has 0 spiro atoms. The van der Waals surface area contributed by atoms with Crippen LogP contribution in [0.4, 0.5) is 0 Å². The highest BCUT2D eigenvalue weighted by Gasteiger charge is 2.07. The predicted molar refractivity (Wildman–Crippen MR) is 67.1 cm³/mol. The first-order valence-corrected chi connectivity index (χ1v) is 5.76. The summed E-state index contributed by atoms with van der Waals surface area (Å²) < 4.78 is 10.2. The number of hydrogen-bond donors (Lipinski definition) is 1. The molecule has 0 radical (unpaired) electrons. The van der Waals surface area contributed by atoms with Gasteiger partial charge in [-0.3, -0.25) is 4.84 Å². The van der Waals surface area contributed by atoms with Crippen LogP contribution in [0.15, 0.2) is 24.3 Å². The zero-order valence-corrected chi connectivity index (χ0v) is 10.7. The van der Waals surface area contributed by atoms with Crippen LogP contribution >= 0.6 is 0 Å². The first-order chi connectivity index (χ1) is 8.27. The van der Waals surface area contributed by atoms with Gasteiger partial charge < -0.3 is 9.47 Å². The van der Waals surface area contributed by atoms with Gasteiger partial charge in [-0.25, -0.2) is 0 Å². The summed E-state index contributed by atoms with van der Waals surface area (Å²) in [6.07, 6.45) is 0.858. The zero-order valence-electron chi connectivity index (χ0n) is 10.7. The third kappa shape index (κ3) is 5.17. The summed E-state index contributed by atoms with van der Waals surface area (Å²) in [4.78, 5) is 5.27. The smallest absolute Gasteiger partial charge is 0.122 e. The third-order valence-electron chi connectivity index (χ3n) is 2.39. The second kappa shape index (κ2) is 8.06. The van der Waals surface area contributed by atoms with Crippen LogP contribution in [0.2, 0.25) is 0 Å². The fraction of sp³-hybridized carbons (Fsp3) is 0.538. The Morgan fingerprint density at radius 1 is 1.18 bits per heavy atom. The Morgan fingerprint density at radius 2 is 1.94 bits per heavy atom. The lowest BCUT2D eigenvalue weighted by Crippen LogP contribution is -2.29. The molecule has 4 nitrogen and oxygen atoms in total. The minimum Gasteiger partial charge on any atom is -0.496 e. The van der Waals surface area contributed by atoms with Crippen molar-refractivity contribution in [1.82, 2.24) is 5.48 Å². The molecule has 0 bridgehead atoms. The average molecular weight is 239 g/mol. The molecular weight excluding hydrogens is 218 g/mol. The number of benzene rings is 1. The van der Waals surface area contributed by atoms with Gasteiger partial charge in [0.25, 0.3) is 0 Å². The van der Waals surface area contributed by atoms with Gasteiger partial charge in [-0.05, 0) is 25.0 Å². The van der Waals surface area contributed by atoms with Crippen LogP contribution in [0.3, 0.4) is 0 Å². The van der Waals surface area contributed by atoms with E-state index < -0.39 is 0 Å². The van der Waals surface area contributed by atoms with Crippen molar-refractivity contribution in [2.24, 2.45) is 0 Å². The van der Waals surface area contributed by atoms with Crippen molar-refractivity contribution in [3.8, 4) is 5.75 Å². The van der Waals surface area contributed by atoms with Gasteiger partial charge in [0.15, 0.2) is 0 Å². The normalized spacial score (nSPS) is 12.4. The van der Waals surface area contributed by atoms with E-state index in [9.17, 15) is 0 Å². The summed E-state index contributed by atoms with van der Waals surface area (Å²) in [5.74, 6) is 0.915. The van der Waals surface area contributed by atoms with E-state index in [1.165, 1.54) is 5.56 Å². The van der Waals surface area contributed by atoms with E-state index in [4.69, 9.17) is 14.3 Å². The van der Waals surface area contributed by atoms with Crippen molar-refractivity contribution in [2.75, 3.05) is 27.4 Å². The molecule has 0 amide bonds. The van der Waals surface area contributed by atoms with Crippen LogP contribution in [-0.4, -0.2) is 33.5 Å². The summed E-state index contributed by atoms with van der Waals surface area (Å²) in [6.45, 7) is 3.21. The van der Waals surface area contributed by atoms with Gasteiger partial charge in [0, 0.05) is 13.2 Å². The maximum atomic E-state index is 5.30. The summed E-state index contributed by atoms with van der Waals surface area (Å²) in [5, 5.41) is 0. The standard InChI is InChI=1S/C13H21NO3/c1-11(14-17-9-8-15-2)10-12-6-4-5-7-13(12)16-3/h4-7,11,14H,8-10H2,1-3H3. The van der Waals surface area contributed by atoms with Gasteiger partial charge in [0.1, 0.15) is 5.75 Å². The Bertz CT molecular complexity index is 317. The fourth-order valence-electron chi connectivity index (χ4n) is 1.57. The van der Waals surface area contributed by atoms with Crippen LogP contribution < -0.4 is 10.2 Å². The predicted octanol–water partition coefficient (Wildman–Crippen LogP) is 1.79. The topological polar surface area (TPSA) is 39.7 Å². The molecule has 1 aromatic carbocycles. The Labute approximate surface area is 103 Å². The van der Waals surface area contributed by atoms with Crippen molar-refractivity contribution in [1.29, 1.82) is 0 Å². The highest BCUT2D eigenvalue weighted by molar-refractivity contribution is 5.33. The van der Waals surface area contributed by atoms with Crippen LogP contribution in [0.5, 0.6) is 5.75 Å². The lowest BCUT2D eigenvalue weighted by Gasteiger charge is -2.15. The summed E-state index contributed by atoms with van der Waals surface area (Å²) >= 11 is 0. The Hall–Kier alpha value is -1.10. The summed E-state index contributed by atoms with van der Waals surface area (Å²) in [7, 11) is 3.34. The monoisotopic (exact) mass is 239 g/mol. The molecule has 1 unspecified atom stereocenters. The van der Waals surface area contributed by atoms with Crippen molar-refractivity contribution >= 4 is 0 Å². The molecule has 0 fully saturated rings. The van der Waals surface area contributed by atoms with E-state index >= 15 is 0 Å². The van der Waals surface area contributed by atoms with E-state index in [0.29, 0.717) is 13.2 Å². The molecule has 1 N–H and O–H groups in total. The number of hydrogen-bond acceptors (Lipinski definition) is 4. The molecule has 1 atom stereocenters. The summed E-state index contributed by atoms with van der Waals surface area (Å²) in [6, 6.07) is 8.23. The first-order valence-electron chi connectivity index (χ1n) is 5.76. The molecule has 1 rings (SSSR count). The first kappa shape index (κ1) is 14.0. The van der Waals surface area contributed by atoms with Crippen molar-refractivity contribution in [3.05, 3.63) is 29.8 Å². The van der Waals surface area contributed by atoms with Crippen LogP contribution in [0.1, 0.15) is 12.5 Å². The quantitative estimate of drug-likeness (QED) is 0.554. The molecular formula is C13H21NO3. The maximum Gasteiger partial charge on any atom is 0.122 e. The number of ether oxygens (including phenoxy) is 2. The second-order valence-electron chi connectivity index (χ2n) is 3.88. The molecule has 0 aromatic heterocycles. The minimum atomic E-state index is 0.225. The molecule has 17 heavy (non-hydrogen) atoms. The molecule has 0 aliphatic heterocycles. The average Bonchev–Trinajstić information content (AvgIpc) is 2.35. The highest BCUT2D eigenvalue weighted by Crippen LogP contribution is 2.18. The molecule has 0 aliphatic carbocycles. The maximum absolute atomic E-state index is 5.30. The molecule has 0 saturated carbocycles. The van der Waals surface area contributed by atoms with Crippen LogP contribution in [0.25, 0.3) is 0 Å². The van der Waals surface area contributed by atoms with Gasteiger partial charge in [0.2, 0.25) is 0 Å². The van der Waals surface area contributed by atoms with E-state index in [0.717, 1.165) is 12.2 Å². The number of para-hydroxylation sites is 1. The SMILES string of the molecule is COCCONC(C)Cc1ccccc1OC. The lowest BCUT2D eigenvalue weighted by atomic mass is 10.1. The molecule has 0 aliphatic rings. The van der Waals surface area contributed by atoms with E-state index in [1.807, 2.05) is 18.2 Å². The van der Waals surface area contributed by atoms with Gasteiger partial charge in [0.05, 0.1) is 20.3 Å². The number of nitrogens with one attached hydrogen (secondary N) is 1. The number of methoxy groups -OCH3 is 2. The van der Waals surface area contributed by atoms with Gasteiger partial charge in [-0.1, -0.05) is 18.2 Å². The third-order valence-corrected chi connectivity index (χ3v) is 2.39. The van der Waals surface area contributed by atoms with Crippen molar-refractivity contribution in [3.63, 3.8) is 0 Å². The molecule has 0 heterocycles. The summed E-state index contributed by atoms with van der Waals surface area (Å²) in [5.41, 5.74) is 4.15. The van der Waals surface area contributed by atoms with E-state index in [2.05, 4.69) is 18.5 Å². The Kier molecular flexibility index (Phi) is 6.62. The Balaban J connectivity index is 2.36. The largest absolute Gasteiger partial charge is 0.496 e. The number of rotatable bonds is 8. The van der Waals surface area contributed by atoms with E-state index in [1.54, 1.807) is 14.2 Å². The van der Waals surface area contributed by atoms with Crippen LogP contribution in [0, 0.1) is 0 Å². The Morgan fingerprint density at radius 3 is 2.65 bits per heavy atom. The van der Waals surface area contributed by atoms with Crippen LogP contribution in [-0.2, 0) is 16.0 Å². The van der Waals surface area contributed by atoms with Gasteiger partial charge in [-0.15, -0.1) is 0 Å². The van der Waals surface area contributed by atoms with Crippen molar-refractivity contribution in [2.45, 2.75) is 19.4 Å². The second-order valence-corrected chi connectivity index (χ2v) is 3.88. The van der Waals surface area contributed by atoms with Gasteiger partial charge in [-0.2, -0.15) is 5.48 Å². The molecule has 1 aromatic rings. The zero-order chi connectivity index (χ0) is 12.5. The molecule has 0 saturated heterocycles. The van der Waals surface area contributed by atoms with Crippen molar-refractivity contribution < 1.29 is 14.3 Å². The number of hydroxylamine groups is 1. The molecule has 4 heteroatoms.